The maximum absolute atomic E-state index is 11.7. The molecule has 0 aliphatic heterocycles. The highest BCUT2D eigenvalue weighted by Gasteiger charge is 2.03. The number of halogens is 2. The maximum Gasteiger partial charge on any atom is 0.251 e. The summed E-state index contributed by atoms with van der Waals surface area (Å²) in [6, 6.07) is 7.37. The SMILES string of the molecule is O=C(NCCCCCCCl)c1ccc(Br)cc1. The summed E-state index contributed by atoms with van der Waals surface area (Å²) in [5, 5.41) is 2.91. The summed E-state index contributed by atoms with van der Waals surface area (Å²) >= 11 is 8.92. The second kappa shape index (κ2) is 8.54. The molecule has 0 spiro atoms. The Bertz CT molecular complexity index is 340. The van der Waals surface area contributed by atoms with Gasteiger partial charge in [0.2, 0.25) is 0 Å². The Balaban J connectivity index is 2.19. The molecular weight excluding hydrogens is 302 g/mol. The van der Waals surface area contributed by atoms with Gasteiger partial charge in [0.25, 0.3) is 5.91 Å². The number of rotatable bonds is 7. The van der Waals surface area contributed by atoms with E-state index >= 15 is 0 Å². The summed E-state index contributed by atoms with van der Waals surface area (Å²) < 4.78 is 0.982. The van der Waals surface area contributed by atoms with Gasteiger partial charge in [-0.3, -0.25) is 4.79 Å². The summed E-state index contributed by atoms with van der Waals surface area (Å²) in [7, 11) is 0. The number of alkyl halides is 1. The summed E-state index contributed by atoms with van der Waals surface area (Å²) in [6.07, 6.45) is 4.33. The highest BCUT2D eigenvalue weighted by atomic mass is 79.9. The standard InChI is InChI=1S/C13H17BrClNO/c14-12-7-5-11(6-8-12)13(17)16-10-4-2-1-3-9-15/h5-8H,1-4,9-10H2,(H,16,17). The first-order valence-electron chi connectivity index (χ1n) is 5.84. The zero-order valence-corrected chi connectivity index (χ0v) is 12.1. The third-order valence-electron chi connectivity index (χ3n) is 2.45. The van der Waals surface area contributed by atoms with Crippen molar-refractivity contribution in [1.82, 2.24) is 5.32 Å². The Hall–Kier alpha value is -0.540. The van der Waals surface area contributed by atoms with E-state index in [0.29, 0.717) is 5.56 Å². The zero-order chi connectivity index (χ0) is 12.5. The lowest BCUT2D eigenvalue weighted by molar-refractivity contribution is 0.0953. The molecule has 1 rings (SSSR count). The molecule has 0 atom stereocenters. The van der Waals surface area contributed by atoms with Crippen molar-refractivity contribution in [3.05, 3.63) is 34.3 Å². The van der Waals surface area contributed by atoms with Gasteiger partial charge in [-0.1, -0.05) is 28.8 Å². The van der Waals surface area contributed by atoms with E-state index in [1.807, 2.05) is 24.3 Å². The number of nitrogens with one attached hydrogen (secondary N) is 1. The molecule has 0 heterocycles. The molecule has 1 amide bonds. The molecule has 0 saturated heterocycles. The van der Waals surface area contributed by atoms with Crippen molar-refractivity contribution in [2.45, 2.75) is 25.7 Å². The van der Waals surface area contributed by atoms with Crippen molar-refractivity contribution in [3.8, 4) is 0 Å². The Morgan fingerprint density at radius 1 is 1.12 bits per heavy atom. The molecule has 0 aliphatic rings. The summed E-state index contributed by atoms with van der Waals surface area (Å²) in [6.45, 7) is 0.733. The van der Waals surface area contributed by atoms with Gasteiger partial charge in [-0.2, -0.15) is 0 Å². The number of carbonyl (C=O) groups excluding carboxylic acids is 1. The van der Waals surface area contributed by atoms with Gasteiger partial charge >= 0.3 is 0 Å². The monoisotopic (exact) mass is 317 g/mol. The molecule has 0 saturated carbocycles. The quantitative estimate of drug-likeness (QED) is 0.598. The van der Waals surface area contributed by atoms with Crippen LogP contribution < -0.4 is 5.32 Å². The van der Waals surface area contributed by atoms with Gasteiger partial charge in [-0.15, -0.1) is 11.6 Å². The normalized spacial score (nSPS) is 10.2. The average Bonchev–Trinajstić information content (AvgIpc) is 2.34. The van der Waals surface area contributed by atoms with Crippen LogP contribution in [0.25, 0.3) is 0 Å². The van der Waals surface area contributed by atoms with Gasteiger partial charge in [0.15, 0.2) is 0 Å². The highest BCUT2D eigenvalue weighted by Crippen LogP contribution is 2.10. The van der Waals surface area contributed by atoms with Crippen LogP contribution in [0.4, 0.5) is 0 Å². The van der Waals surface area contributed by atoms with Crippen LogP contribution in [0.15, 0.2) is 28.7 Å². The van der Waals surface area contributed by atoms with Crippen molar-refractivity contribution in [2.75, 3.05) is 12.4 Å². The predicted molar refractivity (Wildman–Crippen MR) is 75.7 cm³/mol. The van der Waals surface area contributed by atoms with E-state index in [4.69, 9.17) is 11.6 Å². The molecule has 0 fully saturated rings. The minimum atomic E-state index is -0.00477. The molecule has 17 heavy (non-hydrogen) atoms. The maximum atomic E-state index is 11.7. The Kier molecular flexibility index (Phi) is 7.29. The second-order valence-corrected chi connectivity index (χ2v) is 5.16. The molecule has 1 aromatic carbocycles. The first-order valence-corrected chi connectivity index (χ1v) is 7.16. The van der Waals surface area contributed by atoms with Crippen LogP contribution in [0.2, 0.25) is 0 Å². The van der Waals surface area contributed by atoms with Crippen LogP contribution in [0.3, 0.4) is 0 Å². The second-order valence-electron chi connectivity index (χ2n) is 3.87. The van der Waals surface area contributed by atoms with E-state index in [1.165, 1.54) is 0 Å². The number of unbranched alkanes of at least 4 members (excludes halogenated alkanes) is 3. The van der Waals surface area contributed by atoms with Crippen molar-refractivity contribution >= 4 is 33.4 Å². The Labute approximate surface area is 116 Å². The van der Waals surface area contributed by atoms with Crippen molar-refractivity contribution < 1.29 is 4.79 Å². The van der Waals surface area contributed by atoms with Gasteiger partial charge in [-0.05, 0) is 37.1 Å². The summed E-state index contributed by atoms with van der Waals surface area (Å²) in [5.74, 6) is 0.723. The van der Waals surface area contributed by atoms with E-state index in [-0.39, 0.29) is 5.91 Å². The minimum absolute atomic E-state index is 0.00477. The Morgan fingerprint density at radius 2 is 1.76 bits per heavy atom. The smallest absolute Gasteiger partial charge is 0.251 e. The van der Waals surface area contributed by atoms with Crippen molar-refractivity contribution in [3.63, 3.8) is 0 Å². The molecule has 0 unspecified atom stereocenters. The number of carbonyl (C=O) groups is 1. The largest absolute Gasteiger partial charge is 0.352 e. The Morgan fingerprint density at radius 3 is 2.41 bits per heavy atom. The third kappa shape index (κ3) is 6.08. The zero-order valence-electron chi connectivity index (χ0n) is 9.72. The van der Waals surface area contributed by atoms with Gasteiger partial charge in [0, 0.05) is 22.5 Å². The molecule has 1 aromatic rings. The molecular formula is C13H17BrClNO. The van der Waals surface area contributed by atoms with Gasteiger partial charge in [0.05, 0.1) is 0 Å². The summed E-state index contributed by atoms with van der Waals surface area (Å²) in [4.78, 5) is 11.7. The van der Waals surface area contributed by atoms with E-state index in [1.54, 1.807) is 0 Å². The number of hydrogen-bond donors (Lipinski definition) is 1. The molecule has 1 N–H and O–H groups in total. The van der Waals surface area contributed by atoms with E-state index in [0.717, 1.165) is 42.6 Å². The fraction of sp³-hybridized carbons (Fsp3) is 0.462. The first kappa shape index (κ1) is 14.5. The molecule has 0 aliphatic carbocycles. The van der Waals surface area contributed by atoms with E-state index in [9.17, 15) is 4.79 Å². The van der Waals surface area contributed by atoms with Crippen LogP contribution in [0.1, 0.15) is 36.0 Å². The molecule has 2 nitrogen and oxygen atoms in total. The fourth-order valence-electron chi connectivity index (χ4n) is 1.48. The minimum Gasteiger partial charge on any atom is -0.352 e. The lowest BCUT2D eigenvalue weighted by Crippen LogP contribution is -2.24. The fourth-order valence-corrected chi connectivity index (χ4v) is 1.93. The average molecular weight is 319 g/mol. The van der Waals surface area contributed by atoms with Gasteiger partial charge in [-0.25, -0.2) is 0 Å². The van der Waals surface area contributed by atoms with Crippen molar-refractivity contribution in [2.24, 2.45) is 0 Å². The molecule has 94 valence electrons. The molecule has 4 heteroatoms. The first-order chi connectivity index (χ1) is 8.24. The molecule has 0 aromatic heterocycles. The summed E-state index contributed by atoms with van der Waals surface area (Å²) in [5.41, 5.74) is 0.703. The topological polar surface area (TPSA) is 29.1 Å². The number of amides is 1. The van der Waals surface area contributed by atoms with E-state index in [2.05, 4.69) is 21.2 Å². The lowest BCUT2D eigenvalue weighted by atomic mass is 10.2. The van der Waals surface area contributed by atoms with Crippen LogP contribution in [0, 0.1) is 0 Å². The van der Waals surface area contributed by atoms with Gasteiger partial charge in [0.1, 0.15) is 0 Å². The number of benzene rings is 1. The van der Waals surface area contributed by atoms with Crippen LogP contribution in [-0.2, 0) is 0 Å². The third-order valence-corrected chi connectivity index (χ3v) is 3.25. The number of hydrogen-bond acceptors (Lipinski definition) is 1. The van der Waals surface area contributed by atoms with Gasteiger partial charge < -0.3 is 5.32 Å². The molecule has 0 bridgehead atoms. The van der Waals surface area contributed by atoms with Crippen LogP contribution in [-0.4, -0.2) is 18.3 Å². The highest BCUT2D eigenvalue weighted by molar-refractivity contribution is 9.10. The predicted octanol–water partition coefficient (Wildman–Crippen LogP) is 3.98. The molecule has 0 radical (unpaired) electrons. The van der Waals surface area contributed by atoms with Crippen LogP contribution in [0.5, 0.6) is 0 Å². The lowest BCUT2D eigenvalue weighted by Gasteiger charge is -2.05. The van der Waals surface area contributed by atoms with Crippen LogP contribution >= 0.6 is 27.5 Å². The van der Waals surface area contributed by atoms with E-state index < -0.39 is 0 Å². The van der Waals surface area contributed by atoms with Crippen molar-refractivity contribution in [1.29, 1.82) is 0 Å².